The van der Waals surface area contributed by atoms with Crippen LogP contribution in [0.2, 0.25) is 5.02 Å². The molecule has 2 aliphatic heterocycles. The van der Waals surface area contributed by atoms with E-state index in [1.54, 1.807) is 12.1 Å². The molecule has 2 saturated heterocycles. The summed E-state index contributed by atoms with van der Waals surface area (Å²) in [5, 5.41) is 4.94. The number of hydrogen-bond donors (Lipinski definition) is 0. The Balaban J connectivity index is 1.47. The molecule has 2 fully saturated rings. The zero-order valence-corrected chi connectivity index (χ0v) is 19.6. The second-order valence-electron chi connectivity index (χ2n) is 8.87. The van der Waals surface area contributed by atoms with E-state index in [0.29, 0.717) is 37.0 Å². The summed E-state index contributed by atoms with van der Waals surface area (Å²) >= 11 is 6.00. The minimum atomic E-state index is -0.708. The minimum Gasteiger partial charge on any atom is -0.491 e. The number of ether oxygens (including phenoxy) is 2. The summed E-state index contributed by atoms with van der Waals surface area (Å²) < 4.78 is 14.2. The molecular weight excluding hydrogens is 430 g/mol. The standard InChI is InChI=1S/C23H32ClN5O3/c1-26-7-9-29(10-8-26)22(30)13-23(18-31-21-5-3-20(24)4-6-21)17-28(11-12-32-23)16-19-14-25-27(2)15-19/h3-6,14-15H,7-13,16-18H2,1-2H3/t23-/m0/s1. The van der Waals surface area contributed by atoms with Crippen molar-refractivity contribution in [2.24, 2.45) is 7.05 Å². The van der Waals surface area contributed by atoms with Crippen molar-refractivity contribution in [1.82, 2.24) is 24.5 Å². The first-order valence-electron chi connectivity index (χ1n) is 11.1. The third kappa shape index (κ3) is 6.01. The summed E-state index contributed by atoms with van der Waals surface area (Å²) in [6.45, 7) is 6.35. The molecule has 174 valence electrons. The number of benzene rings is 1. The highest BCUT2D eigenvalue weighted by molar-refractivity contribution is 6.30. The quantitative estimate of drug-likeness (QED) is 0.627. The Labute approximate surface area is 194 Å². The summed E-state index contributed by atoms with van der Waals surface area (Å²) in [6, 6.07) is 7.29. The fourth-order valence-corrected chi connectivity index (χ4v) is 4.43. The molecule has 1 aromatic heterocycles. The van der Waals surface area contributed by atoms with Crippen LogP contribution in [0.4, 0.5) is 0 Å². The molecule has 0 bridgehead atoms. The molecule has 1 aromatic carbocycles. The van der Waals surface area contributed by atoms with E-state index in [-0.39, 0.29) is 5.91 Å². The maximum absolute atomic E-state index is 13.2. The molecule has 0 N–H and O–H groups in total. The summed E-state index contributed by atoms with van der Waals surface area (Å²) in [5.74, 6) is 0.842. The van der Waals surface area contributed by atoms with Crippen LogP contribution in [0.3, 0.4) is 0 Å². The predicted molar refractivity (Wildman–Crippen MR) is 123 cm³/mol. The second-order valence-corrected chi connectivity index (χ2v) is 9.30. The number of likely N-dealkylation sites (N-methyl/N-ethyl adjacent to an activating group) is 1. The van der Waals surface area contributed by atoms with Crippen LogP contribution in [-0.4, -0.2) is 95.5 Å². The van der Waals surface area contributed by atoms with E-state index >= 15 is 0 Å². The van der Waals surface area contributed by atoms with Crippen molar-refractivity contribution in [2.75, 3.05) is 59.5 Å². The summed E-state index contributed by atoms with van der Waals surface area (Å²) in [6.07, 6.45) is 4.21. The van der Waals surface area contributed by atoms with E-state index in [2.05, 4.69) is 21.9 Å². The number of hydrogen-bond acceptors (Lipinski definition) is 6. The highest BCUT2D eigenvalue weighted by Crippen LogP contribution is 2.27. The normalized spacial score (nSPS) is 22.8. The van der Waals surface area contributed by atoms with Crippen LogP contribution < -0.4 is 4.74 Å². The number of piperazine rings is 1. The minimum absolute atomic E-state index is 0.126. The Kier molecular flexibility index (Phi) is 7.35. The Bertz CT molecular complexity index is 897. The van der Waals surface area contributed by atoms with E-state index in [0.717, 1.165) is 44.8 Å². The molecule has 1 amide bonds. The predicted octanol–water partition coefficient (Wildman–Crippen LogP) is 1.89. The molecule has 3 heterocycles. The Morgan fingerprint density at radius 2 is 1.91 bits per heavy atom. The average Bonchev–Trinajstić information content (AvgIpc) is 3.18. The number of aromatic nitrogens is 2. The average molecular weight is 462 g/mol. The van der Waals surface area contributed by atoms with Crippen molar-refractivity contribution in [3.05, 3.63) is 47.2 Å². The third-order valence-electron chi connectivity index (χ3n) is 6.14. The lowest BCUT2D eigenvalue weighted by Gasteiger charge is -2.43. The third-order valence-corrected chi connectivity index (χ3v) is 6.39. The SMILES string of the molecule is CN1CCN(C(=O)C[C@@]2(COc3ccc(Cl)cc3)CN(Cc3cnn(C)c3)CCO2)CC1. The van der Waals surface area contributed by atoms with Gasteiger partial charge in [-0.1, -0.05) is 11.6 Å². The van der Waals surface area contributed by atoms with Crippen molar-refractivity contribution < 1.29 is 14.3 Å². The zero-order valence-electron chi connectivity index (χ0n) is 18.9. The van der Waals surface area contributed by atoms with Gasteiger partial charge in [0.2, 0.25) is 5.91 Å². The number of halogens is 1. The fourth-order valence-electron chi connectivity index (χ4n) is 4.30. The van der Waals surface area contributed by atoms with Gasteiger partial charge in [-0.2, -0.15) is 5.10 Å². The van der Waals surface area contributed by atoms with Gasteiger partial charge in [-0.05, 0) is 31.3 Å². The van der Waals surface area contributed by atoms with Crippen LogP contribution in [-0.2, 0) is 23.1 Å². The number of nitrogens with zero attached hydrogens (tertiary/aromatic N) is 5. The van der Waals surface area contributed by atoms with E-state index in [1.165, 1.54) is 0 Å². The summed E-state index contributed by atoms with van der Waals surface area (Å²) in [4.78, 5) is 19.7. The monoisotopic (exact) mass is 461 g/mol. The molecule has 4 rings (SSSR count). The maximum Gasteiger partial charge on any atom is 0.225 e. The number of amides is 1. The van der Waals surface area contributed by atoms with E-state index in [4.69, 9.17) is 21.1 Å². The van der Waals surface area contributed by atoms with Crippen LogP contribution in [0.25, 0.3) is 0 Å². The first-order chi connectivity index (χ1) is 15.4. The molecule has 0 aliphatic carbocycles. The molecule has 9 heteroatoms. The Hall–Kier alpha value is -2.13. The van der Waals surface area contributed by atoms with Crippen molar-refractivity contribution in [3.8, 4) is 5.75 Å². The van der Waals surface area contributed by atoms with Crippen LogP contribution in [0.15, 0.2) is 36.7 Å². The van der Waals surface area contributed by atoms with Gasteiger partial charge in [0, 0.05) is 69.6 Å². The number of morpholine rings is 1. The van der Waals surface area contributed by atoms with Gasteiger partial charge in [-0.25, -0.2) is 0 Å². The van der Waals surface area contributed by atoms with Gasteiger partial charge in [-0.3, -0.25) is 14.4 Å². The number of rotatable bonds is 7. The van der Waals surface area contributed by atoms with Crippen molar-refractivity contribution in [2.45, 2.75) is 18.6 Å². The van der Waals surface area contributed by atoms with Gasteiger partial charge < -0.3 is 19.3 Å². The summed E-state index contributed by atoms with van der Waals surface area (Å²) in [7, 11) is 4.01. The molecule has 0 radical (unpaired) electrons. The van der Waals surface area contributed by atoms with Gasteiger partial charge in [-0.15, -0.1) is 0 Å². The van der Waals surface area contributed by atoms with Gasteiger partial charge in [0.1, 0.15) is 18.0 Å². The Morgan fingerprint density at radius 3 is 2.59 bits per heavy atom. The van der Waals surface area contributed by atoms with E-state index in [9.17, 15) is 4.79 Å². The fraction of sp³-hybridized carbons (Fsp3) is 0.565. The first-order valence-corrected chi connectivity index (χ1v) is 11.5. The lowest BCUT2D eigenvalue weighted by Crippen LogP contribution is -2.58. The lowest BCUT2D eigenvalue weighted by molar-refractivity contribution is -0.157. The highest BCUT2D eigenvalue weighted by Gasteiger charge is 2.41. The lowest BCUT2D eigenvalue weighted by atomic mass is 9.96. The van der Waals surface area contributed by atoms with Gasteiger partial charge in [0.15, 0.2) is 0 Å². The molecule has 32 heavy (non-hydrogen) atoms. The van der Waals surface area contributed by atoms with Gasteiger partial charge >= 0.3 is 0 Å². The molecule has 2 aliphatic rings. The van der Waals surface area contributed by atoms with Crippen LogP contribution in [0.1, 0.15) is 12.0 Å². The van der Waals surface area contributed by atoms with Crippen LogP contribution in [0.5, 0.6) is 5.75 Å². The molecular formula is C23H32ClN5O3. The number of aryl methyl sites for hydroxylation is 1. The van der Waals surface area contributed by atoms with Crippen molar-refractivity contribution in [3.63, 3.8) is 0 Å². The second kappa shape index (κ2) is 10.2. The van der Waals surface area contributed by atoms with Crippen LogP contribution >= 0.6 is 11.6 Å². The topological polar surface area (TPSA) is 63.1 Å². The van der Waals surface area contributed by atoms with Crippen LogP contribution in [0, 0.1) is 0 Å². The number of carbonyl (C=O) groups excluding carboxylic acids is 1. The maximum atomic E-state index is 13.2. The van der Waals surface area contributed by atoms with E-state index < -0.39 is 5.60 Å². The molecule has 0 spiro atoms. The van der Waals surface area contributed by atoms with E-state index in [1.807, 2.05) is 41.2 Å². The van der Waals surface area contributed by atoms with Crippen molar-refractivity contribution >= 4 is 17.5 Å². The molecule has 8 nitrogen and oxygen atoms in total. The van der Waals surface area contributed by atoms with Gasteiger partial charge in [0.25, 0.3) is 0 Å². The van der Waals surface area contributed by atoms with Crippen molar-refractivity contribution in [1.29, 1.82) is 0 Å². The smallest absolute Gasteiger partial charge is 0.225 e. The summed E-state index contributed by atoms with van der Waals surface area (Å²) in [5.41, 5.74) is 0.438. The number of carbonyl (C=O) groups is 1. The zero-order chi connectivity index (χ0) is 22.6. The largest absolute Gasteiger partial charge is 0.491 e. The molecule has 2 aromatic rings. The van der Waals surface area contributed by atoms with Gasteiger partial charge in [0.05, 0.1) is 19.2 Å². The molecule has 0 saturated carbocycles. The molecule has 1 atom stereocenters. The Morgan fingerprint density at radius 1 is 1.16 bits per heavy atom. The highest BCUT2D eigenvalue weighted by atomic mass is 35.5. The molecule has 0 unspecified atom stereocenters. The first kappa shape index (κ1) is 23.0.